The van der Waals surface area contributed by atoms with E-state index >= 15 is 0 Å². The first-order valence-electron chi connectivity index (χ1n) is 19.5. The van der Waals surface area contributed by atoms with Gasteiger partial charge in [0.25, 0.3) is 0 Å². The summed E-state index contributed by atoms with van der Waals surface area (Å²) in [6.07, 6.45) is 6.52. The van der Waals surface area contributed by atoms with E-state index in [4.69, 9.17) is 0 Å². The average molecular weight is 695 g/mol. The van der Waals surface area contributed by atoms with E-state index in [2.05, 4.69) is 198 Å². The third kappa shape index (κ3) is 5.58. The van der Waals surface area contributed by atoms with E-state index in [0.717, 1.165) is 17.1 Å². The minimum atomic E-state index is 0.600. The van der Waals surface area contributed by atoms with Gasteiger partial charge < -0.3 is 9.47 Å². The van der Waals surface area contributed by atoms with Gasteiger partial charge in [0.15, 0.2) is 0 Å². The molecular weight excluding hydrogens is 653 g/mol. The van der Waals surface area contributed by atoms with Gasteiger partial charge in [0, 0.05) is 33.3 Å². The maximum Gasteiger partial charge on any atom is 0.0547 e. The Hall–Kier alpha value is -6.38. The summed E-state index contributed by atoms with van der Waals surface area (Å²) >= 11 is 0. The lowest BCUT2D eigenvalue weighted by Gasteiger charge is -2.30. The highest BCUT2D eigenvalue weighted by atomic mass is 15.1. The summed E-state index contributed by atoms with van der Waals surface area (Å²) in [4.78, 5) is 2.48. The van der Waals surface area contributed by atoms with E-state index < -0.39 is 0 Å². The van der Waals surface area contributed by atoms with Gasteiger partial charge in [0.2, 0.25) is 0 Å². The van der Waals surface area contributed by atoms with Gasteiger partial charge in [-0.3, -0.25) is 0 Å². The molecule has 0 spiro atoms. The molecule has 260 valence electrons. The fourth-order valence-corrected chi connectivity index (χ4v) is 9.14. The van der Waals surface area contributed by atoms with Gasteiger partial charge >= 0.3 is 0 Å². The van der Waals surface area contributed by atoms with Crippen LogP contribution in [0.5, 0.6) is 0 Å². The van der Waals surface area contributed by atoms with E-state index in [9.17, 15) is 0 Å². The zero-order valence-electron chi connectivity index (χ0n) is 30.4. The van der Waals surface area contributed by atoms with Gasteiger partial charge in [0.05, 0.1) is 22.4 Å². The first kappa shape index (κ1) is 32.3. The summed E-state index contributed by atoms with van der Waals surface area (Å²) in [7, 11) is 0. The predicted octanol–water partition coefficient (Wildman–Crippen LogP) is 14.8. The van der Waals surface area contributed by atoms with Gasteiger partial charge in [-0.05, 0) is 94.8 Å². The molecule has 1 fully saturated rings. The maximum absolute atomic E-state index is 2.48. The van der Waals surface area contributed by atoms with E-state index in [0.29, 0.717) is 5.92 Å². The molecule has 9 aromatic rings. The molecule has 0 radical (unpaired) electrons. The Kier molecular flexibility index (Phi) is 8.30. The SMILES string of the molecule is c1ccc(N(c2ccccc2-c2ccc3c4ccccc4n(-c4ccccc4)c3c2)c2ccccc2-c2cccc3cccc(C4CCCCC4)c23)cc1. The van der Waals surface area contributed by atoms with Crippen molar-refractivity contribution in [2.75, 3.05) is 4.90 Å². The molecule has 0 saturated heterocycles. The molecule has 1 aromatic heterocycles. The number of fused-ring (bicyclic) bond motifs is 4. The second-order valence-corrected chi connectivity index (χ2v) is 14.7. The lowest BCUT2D eigenvalue weighted by Crippen LogP contribution is -2.12. The van der Waals surface area contributed by atoms with Gasteiger partial charge in [-0.25, -0.2) is 0 Å². The normalized spacial score (nSPS) is 13.5. The minimum absolute atomic E-state index is 0.600. The zero-order chi connectivity index (χ0) is 35.8. The van der Waals surface area contributed by atoms with Crippen LogP contribution in [0.1, 0.15) is 43.6 Å². The summed E-state index contributed by atoms with van der Waals surface area (Å²) in [5.41, 5.74) is 13.4. The molecule has 1 aliphatic carbocycles. The molecule has 0 aliphatic heterocycles. The van der Waals surface area contributed by atoms with Crippen LogP contribution >= 0.6 is 0 Å². The quantitative estimate of drug-likeness (QED) is 0.161. The van der Waals surface area contributed by atoms with Crippen LogP contribution in [-0.4, -0.2) is 4.57 Å². The summed E-state index contributed by atoms with van der Waals surface area (Å²) < 4.78 is 2.41. The standard InChI is InChI=1S/C52H42N2/c1-4-18-37(19-5-1)43-29-16-20-38-21-17-30-47(52(38)43)45-28-12-15-33-50(45)53(40-22-6-2-7-23-40)48-31-13-10-26-42(48)39-34-35-46-44-27-11-14-32-49(44)54(51(46)36-39)41-24-8-3-9-25-41/h2-3,6-17,20-37H,1,4-5,18-19H2. The number of hydrogen-bond donors (Lipinski definition) is 0. The molecule has 1 aliphatic rings. The van der Waals surface area contributed by atoms with Crippen LogP contribution in [0.2, 0.25) is 0 Å². The lowest BCUT2D eigenvalue weighted by atomic mass is 9.80. The van der Waals surface area contributed by atoms with Crippen molar-refractivity contribution in [3.05, 3.63) is 194 Å². The fraction of sp³-hybridized carbons (Fsp3) is 0.115. The van der Waals surface area contributed by atoms with Crippen LogP contribution < -0.4 is 4.90 Å². The molecule has 0 amide bonds. The van der Waals surface area contributed by atoms with Gasteiger partial charge in [-0.1, -0.05) is 159 Å². The van der Waals surface area contributed by atoms with Crippen LogP contribution in [-0.2, 0) is 0 Å². The fourth-order valence-electron chi connectivity index (χ4n) is 9.14. The number of benzene rings is 8. The van der Waals surface area contributed by atoms with Crippen LogP contribution in [0.15, 0.2) is 188 Å². The molecule has 10 rings (SSSR count). The van der Waals surface area contributed by atoms with Crippen molar-refractivity contribution < 1.29 is 0 Å². The number of rotatable bonds is 7. The van der Waals surface area contributed by atoms with Crippen molar-refractivity contribution in [1.29, 1.82) is 0 Å². The van der Waals surface area contributed by atoms with Crippen LogP contribution in [0.4, 0.5) is 17.1 Å². The van der Waals surface area contributed by atoms with Crippen molar-refractivity contribution in [2.45, 2.75) is 38.0 Å². The Bertz CT molecular complexity index is 2750. The first-order valence-corrected chi connectivity index (χ1v) is 19.5. The van der Waals surface area contributed by atoms with Gasteiger partial charge in [-0.15, -0.1) is 0 Å². The minimum Gasteiger partial charge on any atom is -0.309 e. The monoisotopic (exact) mass is 694 g/mol. The van der Waals surface area contributed by atoms with Crippen LogP contribution in [0.25, 0.3) is 60.5 Å². The van der Waals surface area contributed by atoms with Crippen LogP contribution in [0.3, 0.4) is 0 Å². The van der Waals surface area contributed by atoms with Gasteiger partial charge in [0.1, 0.15) is 0 Å². The number of nitrogens with zero attached hydrogens (tertiary/aromatic N) is 2. The number of para-hydroxylation sites is 5. The van der Waals surface area contributed by atoms with E-state index in [1.807, 2.05) is 0 Å². The average Bonchev–Trinajstić information content (AvgIpc) is 3.58. The summed E-state index contributed by atoms with van der Waals surface area (Å²) in [5.74, 6) is 0.600. The smallest absolute Gasteiger partial charge is 0.0547 e. The van der Waals surface area contributed by atoms with Crippen LogP contribution in [0, 0.1) is 0 Å². The number of hydrogen-bond acceptors (Lipinski definition) is 1. The van der Waals surface area contributed by atoms with E-state index in [1.54, 1.807) is 0 Å². The number of anilines is 3. The lowest BCUT2D eigenvalue weighted by molar-refractivity contribution is 0.445. The first-order chi connectivity index (χ1) is 26.8. The molecular formula is C52H42N2. The van der Waals surface area contributed by atoms with Crippen molar-refractivity contribution in [1.82, 2.24) is 4.57 Å². The molecule has 0 unspecified atom stereocenters. The zero-order valence-corrected chi connectivity index (χ0v) is 30.4. The number of aromatic nitrogens is 1. The molecule has 0 bridgehead atoms. The van der Waals surface area contributed by atoms with Crippen molar-refractivity contribution in [3.63, 3.8) is 0 Å². The molecule has 2 heteroatoms. The second-order valence-electron chi connectivity index (χ2n) is 14.7. The highest BCUT2D eigenvalue weighted by Gasteiger charge is 2.24. The largest absolute Gasteiger partial charge is 0.309 e. The molecule has 54 heavy (non-hydrogen) atoms. The van der Waals surface area contributed by atoms with Gasteiger partial charge in [-0.2, -0.15) is 0 Å². The Morgan fingerprint density at radius 1 is 0.444 bits per heavy atom. The second kappa shape index (κ2) is 13.9. The molecule has 0 N–H and O–H groups in total. The highest BCUT2D eigenvalue weighted by molar-refractivity contribution is 6.11. The molecule has 0 atom stereocenters. The summed E-state index contributed by atoms with van der Waals surface area (Å²) in [6, 6.07) is 69.2. The van der Waals surface area contributed by atoms with Crippen molar-refractivity contribution in [3.8, 4) is 27.9 Å². The Morgan fingerprint density at radius 2 is 1.06 bits per heavy atom. The van der Waals surface area contributed by atoms with E-state index in [-0.39, 0.29) is 0 Å². The van der Waals surface area contributed by atoms with Crippen molar-refractivity contribution >= 4 is 49.6 Å². The Balaban J connectivity index is 1.19. The maximum atomic E-state index is 2.48. The Morgan fingerprint density at radius 3 is 1.85 bits per heavy atom. The molecule has 1 saturated carbocycles. The molecule has 2 nitrogen and oxygen atoms in total. The Labute approximate surface area is 317 Å². The molecule has 8 aromatic carbocycles. The topological polar surface area (TPSA) is 8.17 Å². The summed E-state index contributed by atoms with van der Waals surface area (Å²) in [6.45, 7) is 0. The summed E-state index contributed by atoms with van der Waals surface area (Å²) in [5, 5.41) is 5.24. The predicted molar refractivity (Wildman–Crippen MR) is 230 cm³/mol. The third-order valence-corrected chi connectivity index (χ3v) is 11.6. The third-order valence-electron chi connectivity index (χ3n) is 11.6. The van der Waals surface area contributed by atoms with E-state index in [1.165, 1.54) is 98.2 Å². The van der Waals surface area contributed by atoms with Crippen molar-refractivity contribution in [2.24, 2.45) is 0 Å². The molecule has 1 heterocycles. The highest BCUT2D eigenvalue weighted by Crippen LogP contribution is 2.48.